The fourth-order valence-electron chi connectivity index (χ4n) is 2.90. The Bertz CT molecular complexity index is 185. The molecule has 16 heavy (non-hydrogen) atoms. The Kier molecular flexibility index (Phi) is 6.57. The average molecular weight is 230 g/mol. The smallest absolute Gasteiger partial charge is 0.0982 e. The predicted octanol–water partition coefficient (Wildman–Crippen LogP) is 4.89. The van der Waals surface area contributed by atoms with Crippen molar-refractivity contribution in [1.29, 1.82) is 0 Å². The molecule has 0 spiro atoms. The zero-order chi connectivity index (χ0) is 12.8. The number of hydrogen-bond acceptors (Lipinski definition) is 2. The van der Waals surface area contributed by atoms with Gasteiger partial charge in [0, 0.05) is 0 Å². The van der Waals surface area contributed by atoms with Crippen LogP contribution in [0.4, 0.5) is 0 Å². The lowest BCUT2D eigenvalue weighted by atomic mass is 9.74. The maximum absolute atomic E-state index is 8.85. The second-order valence-electron chi connectivity index (χ2n) is 6.46. The topological polar surface area (TPSA) is 29.5 Å². The van der Waals surface area contributed by atoms with E-state index in [4.69, 9.17) is 5.26 Å². The van der Waals surface area contributed by atoms with Crippen LogP contribution in [0, 0.1) is 11.3 Å². The normalized spacial score (nSPS) is 15.2. The summed E-state index contributed by atoms with van der Waals surface area (Å²) in [5, 5.41) is 8.85. The van der Waals surface area contributed by atoms with Gasteiger partial charge in [-0.2, -0.15) is 0 Å². The third-order valence-electron chi connectivity index (χ3n) is 3.27. The lowest BCUT2D eigenvalue weighted by Gasteiger charge is -2.35. The van der Waals surface area contributed by atoms with Gasteiger partial charge in [0.15, 0.2) is 0 Å². The first kappa shape index (κ1) is 15.9. The van der Waals surface area contributed by atoms with E-state index in [1.807, 2.05) is 13.8 Å². The predicted molar refractivity (Wildman–Crippen MR) is 69.5 cm³/mol. The van der Waals surface area contributed by atoms with E-state index in [9.17, 15) is 0 Å². The maximum atomic E-state index is 8.85. The highest BCUT2D eigenvalue weighted by molar-refractivity contribution is 4.81. The molecule has 1 atom stereocenters. The summed E-state index contributed by atoms with van der Waals surface area (Å²) < 4.78 is 0. The molecule has 98 valence electrons. The molecular formula is C14H30O2. The molecule has 1 N–H and O–H groups in total. The van der Waals surface area contributed by atoms with Gasteiger partial charge in [0.2, 0.25) is 0 Å². The molecule has 0 rings (SSSR count). The van der Waals surface area contributed by atoms with Crippen molar-refractivity contribution in [2.45, 2.75) is 79.2 Å². The Morgan fingerprint density at radius 3 is 2.06 bits per heavy atom. The number of hydrogen-bond donors (Lipinski definition) is 1. The minimum Gasteiger partial charge on any atom is -0.251 e. The first-order chi connectivity index (χ1) is 7.26. The first-order valence-corrected chi connectivity index (χ1v) is 6.59. The molecule has 2 heteroatoms. The van der Waals surface area contributed by atoms with Gasteiger partial charge in [0.25, 0.3) is 0 Å². The molecule has 0 radical (unpaired) electrons. The van der Waals surface area contributed by atoms with Crippen molar-refractivity contribution < 1.29 is 10.1 Å². The van der Waals surface area contributed by atoms with Crippen LogP contribution in [0.25, 0.3) is 0 Å². The lowest BCUT2D eigenvalue weighted by molar-refractivity contribution is -0.319. The van der Waals surface area contributed by atoms with Crippen molar-refractivity contribution in [2.24, 2.45) is 11.3 Å². The Morgan fingerprint density at radius 1 is 1.12 bits per heavy atom. The van der Waals surface area contributed by atoms with Gasteiger partial charge in [-0.1, -0.05) is 47.0 Å². The standard InChI is InChI=1S/C14H30O2/c1-7-9-12(8-2)10-13(3,4)11-14(5,6)16-15/h12,15H,7-11H2,1-6H3. The molecule has 0 heterocycles. The van der Waals surface area contributed by atoms with Gasteiger partial charge < -0.3 is 0 Å². The maximum Gasteiger partial charge on any atom is 0.0982 e. The van der Waals surface area contributed by atoms with E-state index >= 15 is 0 Å². The molecule has 0 saturated heterocycles. The van der Waals surface area contributed by atoms with E-state index in [0.29, 0.717) is 0 Å². The highest BCUT2D eigenvalue weighted by atomic mass is 17.1. The van der Waals surface area contributed by atoms with Crippen LogP contribution in [-0.2, 0) is 4.89 Å². The average Bonchev–Trinajstić information content (AvgIpc) is 2.15. The van der Waals surface area contributed by atoms with Crippen LogP contribution in [0.3, 0.4) is 0 Å². The highest BCUT2D eigenvalue weighted by Gasteiger charge is 2.31. The molecule has 0 amide bonds. The van der Waals surface area contributed by atoms with E-state index in [2.05, 4.69) is 32.6 Å². The van der Waals surface area contributed by atoms with E-state index in [1.165, 1.54) is 25.7 Å². The van der Waals surface area contributed by atoms with E-state index in [-0.39, 0.29) is 5.41 Å². The minimum atomic E-state index is -0.437. The van der Waals surface area contributed by atoms with Gasteiger partial charge in [0.05, 0.1) is 5.60 Å². The Balaban J connectivity index is 4.31. The molecular weight excluding hydrogens is 200 g/mol. The summed E-state index contributed by atoms with van der Waals surface area (Å²) >= 11 is 0. The molecule has 0 bridgehead atoms. The molecule has 0 aliphatic rings. The summed E-state index contributed by atoms with van der Waals surface area (Å²) in [6.07, 6.45) is 5.91. The fourth-order valence-corrected chi connectivity index (χ4v) is 2.90. The molecule has 0 aromatic rings. The van der Waals surface area contributed by atoms with E-state index < -0.39 is 5.60 Å². The van der Waals surface area contributed by atoms with Gasteiger partial charge in [-0.25, -0.2) is 4.89 Å². The molecule has 0 saturated carbocycles. The zero-order valence-corrected chi connectivity index (χ0v) is 12.0. The SMILES string of the molecule is CCCC(CC)CC(C)(C)CC(C)(C)OO. The molecule has 1 unspecified atom stereocenters. The monoisotopic (exact) mass is 230 g/mol. The Labute approximate surface area is 101 Å². The third-order valence-corrected chi connectivity index (χ3v) is 3.27. The van der Waals surface area contributed by atoms with Crippen LogP contribution in [0.5, 0.6) is 0 Å². The zero-order valence-electron chi connectivity index (χ0n) is 12.0. The second-order valence-corrected chi connectivity index (χ2v) is 6.46. The molecule has 0 aliphatic carbocycles. The van der Waals surface area contributed by atoms with Crippen molar-refractivity contribution in [3.8, 4) is 0 Å². The largest absolute Gasteiger partial charge is 0.251 e. The van der Waals surface area contributed by atoms with Crippen LogP contribution in [-0.4, -0.2) is 10.9 Å². The van der Waals surface area contributed by atoms with Crippen LogP contribution in [0.2, 0.25) is 0 Å². The van der Waals surface area contributed by atoms with Crippen LogP contribution in [0.1, 0.15) is 73.6 Å². The van der Waals surface area contributed by atoms with Gasteiger partial charge in [-0.3, -0.25) is 5.26 Å². The first-order valence-electron chi connectivity index (χ1n) is 6.59. The van der Waals surface area contributed by atoms with Crippen LogP contribution in [0.15, 0.2) is 0 Å². The summed E-state index contributed by atoms with van der Waals surface area (Å²) in [5.41, 5.74) is -0.212. The van der Waals surface area contributed by atoms with Crippen molar-refractivity contribution >= 4 is 0 Å². The summed E-state index contributed by atoms with van der Waals surface area (Å²) in [4.78, 5) is 4.55. The van der Waals surface area contributed by atoms with Gasteiger partial charge in [-0.15, -0.1) is 0 Å². The molecule has 0 aliphatic heterocycles. The summed E-state index contributed by atoms with van der Waals surface area (Å²) in [7, 11) is 0. The molecule has 2 nitrogen and oxygen atoms in total. The fraction of sp³-hybridized carbons (Fsp3) is 1.00. The van der Waals surface area contributed by atoms with E-state index in [1.54, 1.807) is 0 Å². The van der Waals surface area contributed by atoms with Crippen molar-refractivity contribution in [2.75, 3.05) is 0 Å². The van der Waals surface area contributed by atoms with Gasteiger partial charge in [0.1, 0.15) is 0 Å². The third kappa shape index (κ3) is 6.49. The highest BCUT2D eigenvalue weighted by Crippen LogP contribution is 2.37. The Hall–Kier alpha value is -0.0800. The van der Waals surface area contributed by atoms with Crippen molar-refractivity contribution in [3.63, 3.8) is 0 Å². The molecule has 0 aromatic heterocycles. The second kappa shape index (κ2) is 6.61. The Morgan fingerprint density at radius 2 is 1.69 bits per heavy atom. The van der Waals surface area contributed by atoms with Crippen molar-refractivity contribution in [1.82, 2.24) is 0 Å². The lowest BCUT2D eigenvalue weighted by Crippen LogP contribution is -2.32. The van der Waals surface area contributed by atoms with Crippen LogP contribution < -0.4 is 0 Å². The van der Waals surface area contributed by atoms with Crippen LogP contribution >= 0.6 is 0 Å². The van der Waals surface area contributed by atoms with Gasteiger partial charge >= 0.3 is 0 Å². The minimum absolute atomic E-state index is 0.224. The molecule has 0 fully saturated rings. The summed E-state index contributed by atoms with van der Waals surface area (Å²) in [5.74, 6) is 0.800. The summed E-state index contributed by atoms with van der Waals surface area (Å²) in [6, 6.07) is 0. The van der Waals surface area contributed by atoms with E-state index in [0.717, 1.165) is 12.3 Å². The van der Waals surface area contributed by atoms with Gasteiger partial charge in [-0.05, 0) is 38.0 Å². The molecule has 0 aromatic carbocycles. The summed E-state index contributed by atoms with van der Waals surface area (Å²) in [6.45, 7) is 12.9. The van der Waals surface area contributed by atoms with Crippen molar-refractivity contribution in [3.05, 3.63) is 0 Å². The number of rotatable bonds is 8. The quantitative estimate of drug-likeness (QED) is 0.475.